The van der Waals surface area contributed by atoms with Crippen molar-refractivity contribution in [3.05, 3.63) is 24.3 Å². The van der Waals surface area contributed by atoms with Gasteiger partial charge in [-0.15, -0.1) is 0 Å². The van der Waals surface area contributed by atoms with Crippen LogP contribution in [-0.4, -0.2) is 39.4 Å². The van der Waals surface area contributed by atoms with Crippen molar-refractivity contribution in [1.29, 1.82) is 0 Å². The van der Waals surface area contributed by atoms with Crippen molar-refractivity contribution in [2.24, 2.45) is 4.99 Å². The third-order valence-electron chi connectivity index (χ3n) is 2.70. The molecule has 118 valence electrons. The molecular weight excluding hydrogens is 266 g/mol. The van der Waals surface area contributed by atoms with Crippen LogP contribution in [0, 0.1) is 0 Å². The van der Waals surface area contributed by atoms with E-state index in [1.807, 2.05) is 24.3 Å². The largest absolute Gasteiger partial charge is 0.493 e. The van der Waals surface area contributed by atoms with Gasteiger partial charge in [-0.25, -0.2) is 0 Å². The quantitative estimate of drug-likeness (QED) is 0.417. The van der Waals surface area contributed by atoms with Crippen LogP contribution < -0.4 is 15.4 Å². The van der Waals surface area contributed by atoms with E-state index in [9.17, 15) is 0 Å². The van der Waals surface area contributed by atoms with Gasteiger partial charge < -0.3 is 20.1 Å². The first-order chi connectivity index (χ1) is 10.3. The van der Waals surface area contributed by atoms with Crippen molar-refractivity contribution in [2.45, 2.75) is 26.7 Å². The lowest BCUT2D eigenvalue weighted by Gasteiger charge is -2.12. The van der Waals surface area contributed by atoms with Gasteiger partial charge in [0.15, 0.2) is 5.96 Å². The smallest absolute Gasteiger partial charge is 0.195 e. The van der Waals surface area contributed by atoms with Crippen molar-refractivity contribution in [3.8, 4) is 5.75 Å². The Balaban J connectivity index is 2.57. The number of aliphatic imine (C=N–C) groups is 1. The topological polar surface area (TPSA) is 54.9 Å². The van der Waals surface area contributed by atoms with Gasteiger partial charge in [-0.2, -0.15) is 0 Å². The Labute approximate surface area is 127 Å². The zero-order chi connectivity index (χ0) is 15.3. The lowest BCUT2D eigenvalue weighted by Crippen LogP contribution is -2.30. The highest BCUT2D eigenvalue weighted by atomic mass is 16.5. The highest BCUT2D eigenvalue weighted by Gasteiger charge is 2.01. The highest BCUT2D eigenvalue weighted by molar-refractivity contribution is 5.93. The van der Waals surface area contributed by atoms with Crippen LogP contribution >= 0.6 is 0 Å². The van der Waals surface area contributed by atoms with Crippen molar-refractivity contribution < 1.29 is 9.47 Å². The summed E-state index contributed by atoms with van der Waals surface area (Å²) in [6.07, 6.45) is 1.91. The summed E-state index contributed by atoms with van der Waals surface area (Å²) in [5, 5.41) is 6.52. The van der Waals surface area contributed by atoms with E-state index in [1.165, 1.54) is 0 Å². The molecule has 0 saturated heterocycles. The number of anilines is 1. The molecule has 0 unspecified atom stereocenters. The molecule has 5 heteroatoms. The lowest BCUT2D eigenvalue weighted by atomic mass is 10.3. The molecule has 0 atom stereocenters. The molecule has 0 bridgehead atoms. The Morgan fingerprint density at radius 1 is 1.24 bits per heavy atom. The fourth-order valence-corrected chi connectivity index (χ4v) is 1.72. The van der Waals surface area contributed by atoms with E-state index in [0.29, 0.717) is 13.2 Å². The van der Waals surface area contributed by atoms with Gasteiger partial charge in [0.2, 0.25) is 0 Å². The standard InChI is InChI=1S/C16H27N3O2/c1-4-10-18-16(17-5-2)19-14-8-6-9-15(13-14)21-12-7-11-20-3/h6,8-9,13H,4-5,7,10-12H2,1-3H3,(H2,17,18,19). The summed E-state index contributed by atoms with van der Waals surface area (Å²) >= 11 is 0. The Hall–Kier alpha value is -1.75. The van der Waals surface area contributed by atoms with Crippen molar-refractivity contribution in [2.75, 3.05) is 38.7 Å². The van der Waals surface area contributed by atoms with E-state index in [-0.39, 0.29) is 0 Å². The number of hydrogen-bond donors (Lipinski definition) is 2. The molecule has 0 aliphatic carbocycles. The monoisotopic (exact) mass is 293 g/mol. The minimum Gasteiger partial charge on any atom is -0.493 e. The first-order valence-corrected chi connectivity index (χ1v) is 7.57. The third kappa shape index (κ3) is 7.56. The number of nitrogens with zero attached hydrogens (tertiary/aromatic N) is 1. The van der Waals surface area contributed by atoms with Crippen LogP contribution in [0.5, 0.6) is 5.75 Å². The fourth-order valence-electron chi connectivity index (χ4n) is 1.72. The van der Waals surface area contributed by atoms with E-state index in [4.69, 9.17) is 9.47 Å². The second-order valence-corrected chi connectivity index (χ2v) is 4.61. The minimum absolute atomic E-state index is 0.654. The first kappa shape index (κ1) is 17.3. The first-order valence-electron chi connectivity index (χ1n) is 7.57. The van der Waals surface area contributed by atoms with Gasteiger partial charge in [0.1, 0.15) is 5.75 Å². The summed E-state index contributed by atoms with van der Waals surface area (Å²) in [6.45, 7) is 7.18. The van der Waals surface area contributed by atoms with Gasteiger partial charge in [0.05, 0.1) is 6.61 Å². The number of nitrogens with one attached hydrogen (secondary N) is 2. The summed E-state index contributed by atoms with van der Waals surface area (Å²) in [5.74, 6) is 1.65. The maximum atomic E-state index is 5.69. The van der Waals surface area contributed by atoms with Gasteiger partial charge in [-0.1, -0.05) is 13.0 Å². The second-order valence-electron chi connectivity index (χ2n) is 4.61. The van der Waals surface area contributed by atoms with E-state index < -0.39 is 0 Å². The molecule has 21 heavy (non-hydrogen) atoms. The summed E-state index contributed by atoms with van der Waals surface area (Å²) in [6, 6.07) is 7.90. The molecular formula is C16H27N3O2. The molecule has 5 nitrogen and oxygen atoms in total. The number of ether oxygens (including phenoxy) is 2. The SMILES string of the molecule is CCCN=C(NCC)Nc1cccc(OCCCOC)c1. The second kappa shape index (κ2) is 11.0. The van der Waals surface area contributed by atoms with Crippen LogP contribution in [-0.2, 0) is 4.74 Å². The summed E-state index contributed by atoms with van der Waals surface area (Å²) in [7, 11) is 1.70. The normalized spacial score (nSPS) is 11.3. The average Bonchev–Trinajstić information content (AvgIpc) is 2.50. The number of rotatable bonds is 9. The predicted molar refractivity (Wildman–Crippen MR) is 88.3 cm³/mol. The molecule has 0 radical (unpaired) electrons. The van der Waals surface area contributed by atoms with Crippen LogP contribution in [0.3, 0.4) is 0 Å². The molecule has 0 fully saturated rings. The molecule has 0 amide bonds. The minimum atomic E-state index is 0.654. The molecule has 0 aliphatic rings. The third-order valence-corrected chi connectivity index (χ3v) is 2.70. The number of methoxy groups -OCH3 is 1. The van der Waals surface area contributed by atoms with Crippen LogP contribution in [0.1, 0.15) is 26.7 Å². The molecule has 0 spiro atoms. The fraction of sp³-hybridized carbons (Fsp3) is 0.562. The Kier molecular flexibility index (Phi) is 9.04. The van der Waals surface area contributed by atoms with E-state index in [2.05, 4.69) is 29.5 Å². The molecule has 1 aromatic rings. The molecule has 1 rings (SSSR count). The van der Waals surface area contributed by atoms with Crippen molar-refractivity contribution in [1.82, 2.24) is 5.32 Å². The molecule has 0 aromatic heterocycles. The van der Waals surface area contributed by atoms with Gasteiger partial charge in [-0.3, -0.25) is 4.99 Å². The van der Waals surface area contributed by atoms with Crippen LogP contribution in [0.15, 0.2) is 29.3 Å². The summed E-state index contributed by atoms with van der Waals surface area (Å²) in [5.41, 5.74) is 0.968. The molecule has 0 saturated carbocycles. The zero-order valence-corrected chi connectivity index (χ0v) is 13.3. The highest BCUT2D eigenvalue weighted by Crippen LogP contribution is 2.17. The Bertz CT molecular complexity index is 422. The van der Waals surface area contributed by atoms with Gasteiger partial charge in [0.25, 0.3) is 0 Å². The van der Waals surface area contributed by atoms with E-state index in [0.717, 1.165) is 43.3 Å². The lowest BCUT2D eigenvalue weighted by molar-refractivity contribution is 0.172. The van der Waals surface area contributed by atoms with Gasteiger partial charge in [0, 0.05) is 45.0 Å². The maximum Gasteiger partial charge on any atom is 0.195 e. The van der Waals surface area contributed by atoms with E-state index in [1.54, 1.807) is 7.11 Å². The molecule has 2 N–H and O–H groups in total. The summed E-state index contributed by atoms with van der Waals surface area (Å²) < 4.78 is 10.7. The number of benzene rings is 1. The molecule has 0 heterocycles. The average molecular weight is 293 g/mol. The maximum absolute atomic E-state index is 5.69. The van der Waals surface area contributed by atoms with Crippen LogP contribution in [0.2, 0.25) is 0 Å². The summed E-state index contributed by atoms with van der Waals surface area (Å²) in [4.78, 5) is 4.48. The van der Waals surface area contributed by atoms with Crippen molar-refractivity contribution in [3.63, 3.8) is 0 Å². The Morgan fingerprint density at radius 2 is 2.10 bits per heavy atom. The number of hydrogen-bond acceptors (Lipinski definition) is 3. The number of guanidine groups is 1. The van der Waals surface area contributed by atoms with Gasteiger partial charge >= 0.3 is 0 Å². The molecule has 1 aromatic carbocycles. The van der Waals surface area contributed by atoms with Gasteiger partial charge in [-0.05, 0) is 25.5 Å². The zero-order valence-electron chi connectivity index (χ0n) is 13.3. The van der Waals surface area contributed by atoms with E-state index >= 15 is 0 Å². The van der Waals surface area contributed by atoms with Crippen LogP contribution in [0.4, 0.5) is 5.69 Å². The van der Waals surface area contributed by atoms with Crippen molar-refractivity contribution >= 4 is 11.6 Å². The van der Waals surface area contributed by atoms with Crippen LogP contribution in [0.25, 0.3) is 0 Å². The Morgan fingerprint density at radius 3 is 2.81 bits per heavy atom. The predicted octanol–water partition coefficient (Wildman–Crippen LogP) is 2.89. The molecule has 0 aliphatic heterocycles.